The summed E-state index contributed by atoms with van der Waals surface area (Å²) in [6.07, 6.45) is 2.51. The summed E-state index contributed by atoms with van der Waals surface area (Å²) in [5.74, 6) is 1.13. The fraction of sp³-hybridized carbons (Fsp3) is 0.692. The molecule has 0 atom stereocenters. The highest BCUT2D eigenvalue weighted by Crippen LogP contribution is 2.20. The molecular formula is C13H23N3O2. The first kappa shape index (κ1) is 14.7. The monoisotopic (exact) mass is 253 g/mol. The molecule has 0 bridgehead atoms. The predicted octanol–water partition coefficient (Wildman–Crippen LogP) is 2.08. The largest absolute Gasteiger partial charge is 0.475 e. The molecular weight excluding hydrogens is 230 g/mol. The molecule has 5 nitrogen and oxygen atoms in total. The molecule has 18 heavy (non-hydrogen) atoms. The summed E-state index contributed by atoms with van der Waals surface area (Å²) in [5.41, 5.74) is 0.00696. The van der Waals surface area contributed by atoms with Crippen molar-refractivity contribution in [3.8, 4) is 5.88 Å². The van der Waals surface area contributed by atoms with Crippen molar-refractivity contribution in [3.05, 3.63) is 12.3 Å². The molecule has 0 spiro atoms. The van der Waals surface area contributed by atoms with Crippen LogP contribution in [0.2, 0.25) is 0 Å². The van der Waals surface area contributed by atoms with Gasteiger partial charge >= 0.3 is 0 Å². The van der Waals surface area contributed by atoms with Crippen LogP contribution in [0.25, 0.3) is 0 Å². The van der Waals surface area contributed by atoms with Crippen LogP contribution in [0.3, 0.4) is 0 Å². The van der Waals surface area contributed by atoms with E-state index in [4.69, 9.17) is 9.84 Å². The lowest BCUT2D eigenvalue weighted by molar-refractivity contribution is 0.219. The van der Waals surface area contributed by atoms with Gasteiger partial charge in [-0.15, -0.1) is 0 Å². The molecule has 1 heterocycles. The van der Waals surface area contributed by atoms with Crippen molar-refractivity contribution < 1.29 is 9.84 Å². The van der Waals surface area contributed by atoms with E-state index in [0.29, 0.717) is 18.4 Å². The maximum Gasteiger partial charge on any atom is 0.225 e. The number of hydrogen-bond acceptors (Lipinski definition) is 5. The average Bonchev–Trinajstić information content (AvgIpc) is 2.26. The Morgan fingerprint density at radius 1 is 1.44 bits per heavy atom. The van der Waals surface area contributed by atoms with Gasteiger partial charge in [-0.05, 0) is 25.7 Å². The van der Waals surface area contributed by atoms with E-state index in [2.05, 4.69) is 29.1 Å². The van der Waals surface area contributed by atoms with Crippen LogP contribution in [0, 0.1) is 5.41 Å². The Morgan fingerprint density at radius 2 is 2.17 bits per heavy atom. The van der Waals surface area contributed by atoms with Gasteiger partial charge in [0.1, 0.15) is 0 Å². The van der Waals surface area contributed by atoms with E-state index >= 15 is 0 Å². The third kappa shape index (κ3) is 5.31. The van der Waals surface area contributed by atoms with Crippen LogP contribution in [0.5, 0.6) is 5.88 Å². The normalized spacial score (nSPS) is 11.7. The van der Waals surface area contributed by atoms with Gasteiger partial charge in [-0.3, -0.25) is 0 Å². The van der Waals surface area contributed by atoms with Crippen molar-refractivity contribution in [3.63, 3.8) is 0 Å². The van der Waals surface area contributed by atoms with Gasteiger partial charge in [0.15, 0.2) is 0 Å². The summed E-state index contributed by atoms with van der Waals surface area (Å²) in [6, 6.07) is 1.74. The number of hydrogen-bond donors (Lipinski definition) is 2. The van der Waals surface area contributed by atoms with E-state index in [1.807, 2.05) is 13.8 Å². The summed E-state index contributed by atoms with van der Waals surface area (Å²) >= 11 is 0. The number of rotatable bonds is 7. The van der Waals surface area contributed by atoms with Gasteiger partial charge in [0, 0.05) is 25.4 Å². The zero-order chi connectivity index (χ0) is 13.6. The molecule has 0 aliphatic carbocycles. The zero-order valence-corrected chi connectivity index (χ0v) is 11.6. The highest BCUT2D eigenvalue weighted by atomic mass is 16.5. The molecule has 0 aromatic carbocycles. The molecule has 0 radical (unpaired) electrons. The Hall–Kier alpha value is -1.36. The van der Waals surface area contributed by atoms with Crippen molar-refractivity contribution in [2.24, 2.45) is 5.41 Å². The second-order valence-corrected chi connectivity index (χ2v) is 5.38. The van der Waals surface area contributed by atoms with E-state index in [1.54, 1.807) is 12.3 Å². The number of nitrogens with one attached hydrogen (secondary N) is 1. The van der Waals surface area contributed by atoms with Crippen molar-refractivity contribution in [1.82, 2.24) is 9.97 Å². The number of aliphatic hydroxyl groups is 1. The van der Waals surface area contributed by atoms with E-state index in [0.717, 1.165) is 6.42 Å². The van der Waals surface area contributed by atoms with Gasteiger partial charge in [0.2, 0.25) is 11.8 Å². The lowest BCUT2D eigenvalue weighted by Gasteiger charge is -2.23. The number of aromatic nitrogens is 2. The minimum absolute atomic E-state index is 0.00696. The second kappa shape index (κ2) is 6.54. The van der Waals surface area contributed by atoms with Gasteiger partial charge in [0.25, 0.3) is 0 Å². The van der Waals surface area contributed by atoms with E-state index in [1.165, 1.54) is 0 Å². The van der Waals surface area contributed by atoms with E-state index < -0.39 is 0 Å². The molecule has 102 valence electrons. The quantitative estimate of drug-likeness (QED) is 0.778. The standard InChI is InChI=1S/C13H23N3O2/c1-10(2)18-11-5-7-14-12(16-11)15-9-13(3,4)6-8-17/h5,7,10,17H,6,8-9H2,1-4H3,(H,14,15,16). The number of anilines is 1. The SMILES string of the molecule is CC(C)Oc1ccnc(NCC(C)(C)CCO)n1. The highest BCUT2D eigenvalue weighted by Gasteiger charge is 2.17. The summed E-state index contributed by atoms with van der Waals surface area (Å²) in [6.45, 7) is 8.99. The molecule has 2 N–H and O–H groups in total. The predicted molar refractivity (Wildman–Crippen MR) is 71.8 cm³/mol. The maximum atomic E-state index is 8.96. The number of ether oxygens (including phenoxy) is 1. The summed E-state index contributed by atoms with van der Waals surface area (Å²) in [4.78, 5) is 8.41. The molecule has 1 aromatic heterocycles. The topological polar surface area (TPSA) is 67.3 Å². The van der Waals surface area contributed by atoms with Crippen LogP contribution in [0.15, 0.2) is 12.3 Å². The summed E-state index contributed by atoms with van der Waals surface area (Å²) < 4.78 is 5.50. The maximum absolute atomic E-state index is 8.96. The van der Waals surface area contributed by atoms with Crippen LogP contribution in [0.1, 0.15) is 34.1 Å². The van der Waals surface area contributed by atoms with Crippen LogP contribution in [-0.4, -0.2) is 34.3 Å². The van der Waals surface area contributed by atoms with Gasteiger partial charge in [0.05, 0.1) is 6.10 Å². The Kier molecular flexibility index (Phi) is 5.34. The Balaban J connectivity index is 2.57. The lowest BCUT2D eigenvalue weighted by Crippen LogP contribution is -2.25. The molecule has 0 fully saturated rings. The first-order valence-corrected chi connectivity index (χ1v) is 6.27. The van der Waals surface area contributed by atoms with Gasteiger partial charge in [-0.25, -0.2) is 4.98 Å². The molecule has 1 aromatic rings. The van der Waals surface area contributed by atoms with Crippen molar-refractivity contribution in [2.75, 3.05) is 18.5 Å². The molecule has 0 aliphatic heterocycles. The first-order chi connectivity index (χ1) is 8.43. The van der Waals surface area contributed by atoms with E-state index in [-0.39, 0.29) is 18.1 Å². The number of aliphatic hydroxyl groups excluding tert-OH is 1. The Morgan fingerprint density at radius 3 is 2.78 bits per heavy atom. The first-order valence-electron chi connectivity index (χ1n) is 6.27. The molecule has 0 aliphatic rings. The van der Waals surface area contributed by atoms with Gasteiger partial charge in [-0.2, -0.15) is 4.98 Å². The third-order valence-corrected chi connectivity index (χ3v) is 2.50. The van der Waals surface area contributed by atoms with Crippen molar-refractivity contribution in [1.29, 1.82) is 0 Å². The Bertz CT molecular complexity index is 367. The van der Waals surface area contributed by atoms with Crippen molar-refractivity contribution in [2.45, 2.75) is 40.2 Å². The summed E-state index contributed by atoms with van der Waals surface area (Å²) in [5, 5.41) is 12.1. The van der Waals surface area contributed by atoms with Gasteiger partial charge in [-0.1, -0.05) is 13.8 Å². The van der Waals surface area contributed by atoms with Gasteiger partial charge < -0.3 is 15.2 Å². The minimum atomic E-state index is 0.00696. The fourth-order valence-corrected chi connectivity index (χ4v) is 1.44. The number of nitrogens with zero attached hydrogens (tertiary/aromatic N) is 2. The molecule has 1 rings (SSSR count). The van der Waals surface area contributed by atoms with Crippen molar-refractivity contribution >= 4 is 5.95 Å². The van der Waals surface area contributed by atoms with Crippen LogP contribution >= 0.6 is 0 Å². The molecule has 0 amide bonds. The molecule has 0 unspecified atom stereocenters. The highest BCUT2D eigenvalue weighted by molar-refractivity contribution is 5.27. The Labute approximate surface area is 109 Å². The van der Waals surface area contributed by atoms with Crippen LogP contribution < -0.4 is 10.1 Å². The fourth-order valence-electron chi connectivity index (χ4n) is 1.44. The second-order valence-electron chi connectivity index (χ2n) is 5.38. The third-order valence-electron chi connectivity index (χ3n) is 2.50. The summed E-state index contributed by atoms with van der Waals surface area (Å²) in [7, 11) is 0. The van der Waals surface area contributed by atoms with Crippen LogP contribution in [0.4, 0.5) is 5.95 Å². The van der Waals surface area contributed by atoms with E-state index in [9.17, 15) is 0 Å². The molecule has 5 heteroatoms. The zero-order valence-electron chi connectivity index (χ0n) is 11.6. The minimum Gasteiger partial charge on any atom is -0.475 e. The van der Waals surface area contributed by atoms with Crippen LogP contribution in [-0.2, 0) is 0 Å². The molecule has 0 saturated heterocycles. The molecule has 0 saturated carbocycles. The smallest absolute Gasteiger partial charge is 0.225 e. The average molecular weight is 253 g/mol. The lowest BCUT2D eigenvalue weighted by atomic mass is 9.90.